The minimum Gasteiger partial charge on any atom is -0.489 e. The lowest BCUT2D eigenvalue weighted by molar-refractivity contribution is -0.154. The zero-order valence-electron chi connectivity index (χ0n) is 23.1. The average Bonchev–Trinajstić information content (AvgIpc) is 2.95. The highest BCUT2D eigenvalue weighted by atomic mass is 16.6. The highest BCUT2D eigenvalue weighted by Gasteiger charge is 2.30. The molecule has 2 rings (SSSR count). The van der Waals surface area contributed by atoms with Crippen LogP contribution >= 0.6 is 0 Å². The molecule has 0 spiro atoms. The Morgan fingerprint density at radius 1 is 0.950 bits per heavy atom. The van der Waals surface area contributed by atoms with Crippen LogP contribution in [0.1, 0.15) is 48.5 Å². The van der Waals surface area contributed by atoms with Gasteiger partial charge in [0, 0.05) is 24.6 Å². The summed E-state index contributed by atoms with van der Waals surface area (Å²) in [6.45, 7) is 14.3. The molecule has 0 bridgehead atoms. The first-order chi connectivity index (χ1) is 19.2. The van der Waals surface area contributed by atoms with Gasteiger partial charge in [0.25, 0.3) is 0 Å². The first kappa shape index (κ1) is 32.3. The number of rotatable bonds is 16. The van der Waals surface area contributed by atoms with Gasteiger partial charge in [-0.25, -0.2) is 19.2 Å². The van der Waals surface area contributed by atoms with Crippen LogP contribution in [0.4, 0.5) is 0 Å². The Labute approximate surface area is 234 Å². The first-order valence-corrected chi connectivity index (χ1v) is 13.1. The molecule has 0 N–H and O–H groups in total. The second kappa shape index (κ2) is 16.9. The number of carbonyl (C=O) groups is 4. The third kappa shape index (κ3) is 11.1. The third-order valence-electron chi connectivity index (χ3n) is 6.21. The topological polar surface area (TPSA) is 124 Å². The minimum atomic E-state index is -0.866. The van der Waals surface area contributed by atoms with Crippen molar-refractivity contribution >= 4 is 23.9 Å². The van der Waals surface area contributed by atoms with E-state index in [9.17, 15) is 19.2 Å². The summed E-state index contributed by atoms with van der Waals surface area (Å²) in [5.41, 5.74) is 1.06. The molecule has 0 aromatic heterocycles. The lowest BCUT2D eigenvalue weighted by Crippen LogP contribution is -2.35. The Kier molecular flexibility index (Phi) is 13.7. The van der Waals surface area contributed by atoms with Crippen LogP contribution in [0.25, 0.3) is 0 Å². The van der Waals surface area contributed by atoms with Crippen molar-refractivity contribution in [2.75, 3.05) is 26.4 Å². The first-order valence-electron chi connectivity index (χ1n) is 13.1. The molecule has 1 aromatic rings. The summed E-state index contributed by atoms with van der Waals surface area (Å²) in [5.74, 6) is -1.54. The van der Waals surface area contributed by atoms with E-state index in [0.717, 1.165) is 24.6 Å². The van der Waals surface area contributed by atoms with Crippen LogP contribution in [0.15, 0.2) is 56.2 Å². The van der Waals surface area contributed by atoms with Gasteiger partial charge in [0.15, 0.2) is 6.10 Å². The van der Waals surface area contributed by atoms with Crippen molar-refractivity contribution in [2.45, 2.75) is 57.8 Å². The molecule has 1 aliphatic carbocycles. The zero-order chi connectivity index (χ0) is 29.5. The molecule has 10 heteroatoms. The van der Waals surface area contributed by atoms with E-state index in [1.807, 2.05) is 0 Å². The van der Waals surface area contributed by atoms with Crippen LogP contribution in [0, 0.1) is 12.8 Å². The Bertz CT molecular complexity index is 1060. The van der Waals surface area contributed by atoms with E-state index >= 15 is 0 Å². The number of aryl methyl sites for hydroxylation is 1. The number of carbonyl (C=O) groups excluding carboxylic acids is 4. The van der Waals surface area contributed by atoms with Crippen molar-refractivity contribution in [2.24, 2.45) is 5.92 Å². The van der Waals surface area contributed by atoms with Gasteiger partial charge in [-0.1, -0.05) is 26.7 Å². The summed E-state index contributed by atoms with van der Waals surface area (Å²) in [7, 11) is 0. The lowest BCUT2D eigenvalue weighted by atomic mass is 9.86. The second-order valence-electron chi connectivity index (χ2n) is 9.34. The van der Waals surface area contributed by atoms with Crippen molar-refractivity contribution in [3.05, 3.63) is 67.3 Å². The molecule has 0 saturated heterocycles. The maximum atomic E-state index is 12.8. The van der Waals surface area contributed by atoms with Gasteiger partial charge < -0.3 is 28.4 Å². The number of benzene rings is 1. The fourth-order valence-corrected chi connectivity index (χ4v) is 4.10. The number of esters is 4. The van der Waals surface area contributed by atoms with Gasteiger partial charge in [0.05, 0.1) is 24.9 Å². The maximum absolute atomic E-state index is 12.8. The lowest BCUT2D eigenvalue weighted by Gasteiger charge is -2.33. The summed E-state index contributed by atoms with van der Waals surface area (Å²) in [6, 6.07) is 4.90. The molecule has 1 saturated carbocycles. The summed E-state index contributed by atoms with van der Waals surface area (Å²) in [5, 5.41) is 0. The van der Waals surface area contributed by atoms with Crippen LogP contribution in [0.3, 0.4) is 0 Å². The Morgan fingerprint density at radius 3 is 2.30 bits per heavy atom. The van der Waals surface area contributed by atoms with Gasteiger partial charge in [-0.05, 0) is 55.9 Å². The van der Waals surface area contributed by atoms with Crippen LogP contribution in [0.2, 0.25) is 0 Å². The van der Waals surface area contributed by atoms with E-state index in [2.05, 4.69) is 26.7 Å². The highest BCUT2D eigenvalue weighted by molar-refractivity contribution is 5.90. The van der Waals surface area contributed by atoms with Gasteiger partial charge in [0.1, 0.15) is 25.1 Å². The van der Waals surface area contributed by atoms with E-state index in [0.29, 0.717) is 42.7 Å². The molecule has 10 nitrogen and oxygen atoms in total. The molecule has 1 aliphatic rings. The maximum Gasteiger partial charge on any atom is 0.338 e. The van der Waals surface area contributed by atoms with Gasteiger partial charge in [-0.3, -0.25) is 0 Å². The Balaban J connectivity index is 1.83. The van der Waals surface area contributed by atoms with Crippen molar-refractivity contribution in [1.82, 2.24) is 0 Å². The van der Waals surface area contributed by atoms with E-state index < -0.39 is 30.0 Å². The van der Waals surface area contributed by atoms with Crippen molar-refractivity contribution in [1.29, 1.82) is 0 Å². The molecular formula is C30H38O10. The molecule has 1 fully saturated rings. The van der Waals surface area contributed by atoms with E-state index in [1.165, 1.54) is 0 Å². The molecule has 0 radical (unpaired) electrons. The molecule has 1 aromatic carbocycles. The van der Waals surface area contributed by atoms with Crippen molar-refractivity contribution in [3.63, 3.8) is 0 Å². The molecule has 0 amide bonds. The number of hydrogen-bond acceptors (Lipinski definition) is 10. The predicted octanol–water partition coefficient (Wildman–Crippen LogP) is 4.05. The van der Waals surface area contributed by atoms with Crippen LogP contribution < -0.4 is 4.74 Å². The van der Waals surface area contributed by atoms with E-state index in [-0.39, 0.29) is 37.9 Å². The molecule has 4 atom stereocenters. The van der Waals surface area contributed by atoms with Gasteiger partial charge in [0.2, 0.25) is 0 Å². The SMILES string of the molecule is C=CC(=O)OCCCOC1CCC(OC(=O)c2ccc(OCC(COC(=O)C=C)OC(=O)C=C)c(C)c2)CC1C. The van der Waals surface area contributed by atoms with Crippen molar-refractivity contribution in [3.8, 4) is 5.75 Å². The fourth-order valence-electron chi connectivity index (χ4n) is 4.10. The van der Waals surface area contributed by atoms with Crippen LogP contribution in [0.5, 0.6) is 5.75 Å². The smallest absolute Gasteiger partial charge is 0.338 e. The van der Waals surface area contributed by atoms with Crippen molar-refractivity contribution < 1.29 is 47.6 Å². The minimum absolute atomic E-state index is 0.0543. The zero-order valence-corrected chi connectivity index (χ0v) is 23.1. The predicted molar refractivity (Wildman–Crippen MR) is 146 cm³/mol. The molecule has 0 heterocycles. The average molecular weight is 559 g/mol. The normalized spacial score (nSPS) is 18.9. The van der Waals surface area contributed by atoms with Crippen LogP contribution in [-0.4, -0.2) is 68.6 Å². The van der Waals surface area contributed by atoms with Crippen LogP contribution in [-0.2, 0) is 38.1 Å². The fraction of sp³-hybridized carbons (Fsp3) is 0.467. The largest absolute Gasteiger partial charge is 0.489 e. The summed E-state index contributed by atoms with van der Waals surface area (Å²) >= 11 is 0. The summed E-state index contributed by atoms with van der Waals surface area (Å²) in [4.78, 5) is 46.9. The standard InChI is InChI=1S/C30H38O10/c1-6-27(31)36-15-9-14-35-25-13-11-23(17-21(25)5)40-30(34)22-10-12-26(20(4)16-22)37-18-24(39-29(33)8-3)19-38-28(32)7-2/h6-8,10,12,16,21,23-25H,1-3,9,11,13-15,17-19H2,4-5H3. The molecular weight excluding hydrogens is 520 g/mol. The molecule has 0 aliphatic heterocycles. The Morgan fingerprint density at radius 2 is 1.65 bits per heavy atom. The second-order valence-corrected chi connectivity index (χ2v) is 9.34. The third-order valence-corrected chi connectivity index (χ3v) is 6.21. The summed E-state index contributed by atoms with van der Waals surface area (Å²) in [6.07, 6.45) is 4.84. The monoisotopic (exact) mass is 558 g/mol. The van der Waals surface area contributed by atoms with E-state index in [1.54, 1.807) is 25.1 Å². The highest BCUT2D eigenvalue weighted by Crippen LogP contribution is 2.30. The quantitative estimate of drug-likeness (QED) is 0.127. The molecule has 218 valence electrons. The van der Waals surface area contributed by atoms with Gasteiger partial charge >= 0.3 is 23.9 Å². The van der Waals surface area contributed by atoms with Gasteiger partial charge in [-0.2, -0.15) is 0 Å². The van der Waals surface area contributed by atoms with Gasteiger partial charge in [-0.15, -0.1) is 0 Å². The summed E-state index contributed by atoms with van der Waals surface area (Å²) < 4.78 is 32.5. The van der Waals surface area contributed by atoms with E-state index in [4.69, 9.17) is 28.4 Å². The molecule has 40 heavy (non-hydrogen) atoms. The Hall–Kier alpha value is -3.92. The molecule has 4 unspecified atom stereocenters. The number of hydrogen-bond donors (Lipinski definition) is 0. The number of ether oxygens (including phenoxy) is 6.